The lowest BCUT2D eigenvalue weighted by Crippen LogP contribution is -2.07. The summed E-state index contributed by atoms with van der Waals surface area (Å²) in [7, 11) is 0. The van der Waals surface area contributed by atoms with Crippen LogP contribution in [0.4, 0.5) is 5.69 Å². The van der Waals surface area contributed by atoms with Crippen molar-refractivity contribution in [1.29, 1.82) is 0 Å². The van der Waals surface area contributed by atoms with E-state index in [0.29, 0.717) is 10.7 Å². The molecule has 0 bridgehead atoms. The van der Waals surface area contributed by atoms with Crippen LogP contribution in [-0.2, 0) is 4.79 Å². The lowest BCUT2D eigenvalue weighted by molar-refractivity contribution is -0.111. The standard InChI is InChI=1S/C18H13ClN2O/c19-14-8-6-13-7-9-16(20-17(13)12-14)10-11-18(22)21-15-4-2-1-3-5-15/h1-12H,(H,21,22). The van der Waals surface area contributed by atoms with Crippen LogP contribution in [0.5, 0.6) is 0 Å². The maximum absolute atomic E-state index is 11.9. The third kappa shape index (κ3) is 3.51. The predicted molar refractivity (Wildman–Crippen MR) is 90.9 cm³/mol. The molecule has 0 saturated heterocycles. The number of hydrogen-bond acceptors (Lipinski definition) is 2. The first-order valence-electron chi connectivity index (χ1n) is 6.81. The Morgan fingerprint density at radius 2 is 1.82 bits per heavy atom. The van der Waals surface area contributed by atoms with Gasteiger partial charge in [-0.2, -0.15) is 0 Å². The number of nitrogens with one attached hydrogen (secondary N) is 1. The molecule has 22 heavy (non-hydrogen) atoms. The molecule has 2 aromatic carbocycles. The van der Waals surface area contributed by atoms with Crippen molar-refractivity contribution in [3.63, 3.8) is 0 Å². The molecule has 0 fully saturated rings. The van der Waals surface area contributed by atoms with Crippen LogP contribution in [0.15, 0.2) is 66.7 Å². The Balaban J connectivity index is 1.76. The number of carbonyl (C=O) groups excluding carboxylic acids is 1. The highest BCUT2D eigenvalue weighted by Gasteiger charge is 1.99. The number of halogens is 1. The largest absolute Gasteiger partial charge is 0.323 e. The van der Waals surface area contributed by atoms with E-state index in [-0.39, 0.29) is 5.91 Å². The fourth-order valence-corrected chi connectivity index (χ4v) is 2.23. The lowest BCUT2D eigenvalue weighted by atomic mass is 10.2. The van der Waals surface area contributed by atoms with Crippen LogP contribution in [0.2, 0.25) is 5.02 Å². The second-order valence-electron chi connectivity index (χ2n) is 4.76. The van der Waals surface area contributed by atoms with Gasteiger partial charge in [0.15, 0.2) is 0 Å². The van der Waals surface area contributed by atoms with Gasteiger partial charge in [0.25, 0.3) is 0 Å². The van der Waals surface area contributed by atoms with Crippen molar-refractivity contribution < 1.29 is 4.79 Å². The minimum atomic E-state index is -0.195. The zero-order valence-corrected chi connectivity index (χ0v) is 12.4. The molecule has 4 heteroatoms. The van der Waals surface area contributed by atoms with Gasteiger partial charge in [-0.1, -0.05) is 41.9 Å². The molecule has 108 valence electrons. The molecule has 3 rings (SSSR count). The van der Waals surface area contributed by atoms with Crippen molar-refractivity contribution in [3.05, 3.63) is 77.5 Å². The molecule has 0 spiro atoms. The molecule has 0 atom stereocenters. The number of para-hydroxylation sites is 1. The van der Waals surface area contributed by atoms with Crippen molar-refractivity contribution in [2.24, 2.45) is 0 Å². The number of amides is 1. The van der Waals surface area contributed by atoms with Crippen molar-refractivity contribution in [2.75, 3.05) is 5.32 Å². The maximum atomic E-state index is 11.9. The van der Waals surface area contributed by atoms with E-state index in [1.54, 1.807) is 12.1 Å². The highest BCUT2D eigenvalue weighted by molar-refractivity contribution is 6.31. The first-order chi connectivity index (χ1) is 10.7. The Hall–Kier alpha value is -2.65. The number of anilines is 1. The number of fused-ring (bicyclic) bond motifs is 1. The summed E-state index contributed by atoms with van der Waals surface area (Å²) < 4.78 is 0. The van der Waals surface area contributed by atoms with E-state index in [4.69, 9.17) is 11.6 Å². The van der Waals surface area contributed by atoms with Gasteiger partial charge in [-0.3, -0.25) is 4.79 Å². The first kappa shape index (κ1) is 14.3. The van der Waals surface area contributed by atoms with Gasteiger partial charge < -0.3 is 5.32 Å². The molecule has 0 saturated carbocycles. The molecule has 0 aliphatic rings. The van der Waals surface area contributed by atoms with Crippen molar-refractivity contribution in [1.82, 2.24) is 4.98 Å². The third-order valence-electron chi connectivity index (χ3n) is 3.12. The maximum Gasteiger partial charge on any atom is 0.248 e. The van der Waals surface area contributed by atoms with Gasteiger partial charge >= 0.3 is 0 Å². The van der Waals surface area contributed by atoms with Gasteiger partial charge in [0.1, 0.15) is 0 Å². The smallest absolute Gasteiger partial charge is 0.248 e. The number of carbonyl (C=O) groups is 1. The van der Waals surface area contributed by atoms with E-state index in [9.17, 15) is 4.79 Å². The van der Waals surface area contributed by atoms with Crippen LogP contribution in [0.25, 0.3) is 17.0 Å². The van der Waals surface area contributed by atoms with E-state index in [2.05, 4.69) is 10.3 Å². The summed E-state index contributed by atoms with van der Waals surface area (Å²) in [4.78, 5) is 16.3. The molecular formula is C18H13ClN2O. The van der Waals surface area contributed by atoms with Crippen LogP contribution in [0, 0.1) is 0 Å². The van der Waals surface area contributed by atoms with Gasteiger partial charge in [0.2, 0.25) is 5.91 Å². The van der Waals surface area contributed by atoms with Gasteiger partial charge in [0, 0.05) is 22.2 Å². The molecule has 1 N–H and O–H groups in total. The van der Waals surface area contributed by atoms with Crippen molar-refractivity contribution >= 4 is 40.2 Å². The number of pyridine rings is 1. The summed E-state index contributed by atoms with van der Waals surface area (Å²) >= 11 is 5.97. The highest BCUT2D eigenvalue weighted by atomic mass is 35.5. The summed E-state index contributed by atoms with van der Waals surface area (Å²) in [5, 5.41) is 4.43. The summed E-state index contributed by atoms with van der Waals surface area (Å²) in [6.45, 7) is 0. The van der Waals surface area contributed by atoms with E-state index in [0.717, 1.165) is 16.6 Å². The fourth-order valence-electron chi connectivity index (χ4n) is 2.07. The van der Waals surface area contributed by atoms with Gasteiger partial charge in [0.05, 0.1) is 11.2 Å². The Labute approximate surface area is 133 Å². The van der Waals surface area contributed by atoms with Gasteiger partial charge in [-0.15, -0.1) is 0 Å². The SMILES string of the molecule is O=C(C=Cc1ccc2ccc(Cl)cc2n1)Nc1ccccc1. The Morgan fingerprint density at radius 1 is 1.05 bits per heavy atom. The lowest BCUT2D eigenvalue weighted by Gasteiger charge is -2.01. The van der Waals surface area contributed by atoms with Crippen LogP contribution >= 0.6 is 11.6 Å². The van der Waals surface area contributed by atoms with Crippen LogP contribution in [0.1, 0.15) is 5.69 Å². The van der Waals surface area contributed by atoms with Crippen LogP contribution in [-0.4, -0.2) is 10.9 Å². The molecule has 1 heterocycles. The summed E-state index contributed by atoms with van der Waals surface area (Å²) in [5.74, 6) is -0.195. The number of aromatic nitrogens is 1. The monoisotopic (exact) mass is 308 g/mol. The predicted octanol–water partition coefficient (Wildman–Crippen LogP) is 4.54. The zero-order chi connectivity index (χ0) is 15.4. The number of hydrogen-bond donors (Lipinski definition) is 1. The van der Waals surface area contributed by atoms with Gasteiger partial charge in [-0.05, 0) is 36.4 Å². The quantitative estimate of drug-likeness (QED) is 0.722. The second kappa shape index (κ2) is 6.41. The zero-order valence-electron chi connectivity index (χ0n) is 11.7. The van der Waals surface area contributed by atoms with E-state index >= 15 is 0 Å². The molecular weight excluding hydrogens is 296 g/mol. The first-order valence-corrected chi connectivity index (χ1v) is 7.19. The topological polar surface area (TPSA) is 42.0 Å². The molecule has 0 aliphatic carbocycles. The van der Waals surface area contributed by atoms with Crippen LogP contribution in [0.3, 0.4) is 0 Å². The average molecular weight is 309 g/mol. The summed E-state index contributed by atoms with van der Waals surface area (Å²) in [6, 6.07) is 18.7. The van der Waals surface area contributed by atoms with E-state index in [1.807, 2.05) is 54.6 Å². The van der Waals surface area contributed by atoms with Crippen LogP contribution < -0.4 is 5.32 Å². The molecule has 3 nitrogen and oxygen atoms in total. The van der Waals surface area contributed by atoms with Crippen molar-refractivity contribution in [2.45, 2.75) is 0 Å². The Kier molecular flexibility index (Phi) is 4.17. The fraction of sp³-hybridized carbons (Fsp3) is 0. The number of rotatable bonds is 3. The molecule has 0 radical (unpaired) electrons. The summed E-state index contributed by atoms with van der Waals surface area (Å²) in [5.41, 5.74) is 2.27. The van der Waals surface area contributed by atoms with Crippen molar-refractivity contribution in [3.8, 4) is 0 Å². The molecule has 0 aliphatic heterocycles. The Bertz CT molecular complexity index is 844. The molecule has 1 amide bonds. The molecule has 0 unspecified atom stereocenters. The Morgan fingerprint density at radius 3 is 2.64 bits per heavy atom. The summed E-state index contributed by atoms with van der Waals surface area (Å²) in [6.07, 6.45) is 3.14. The minimum Gasteiger partial charge on any atom is -0.323 e. The number of benzene rings is 2. The molecule has 1 aromatic heterocycles. The highest BCUT2D eigenvalue weighted by Crippen LogP contribution is 2.18. The van der Waals surface area contributed by atoms with E-state index in [1.165, 1.54) is 6.08 Å². The average Bonchev–Trinajstić information content (AvgIpc) is 2.53. The minimum absolute atomic E-state index is 0.195. The second-order valence-corrected chi connectivity index (χ2v) is 5.20. The van der Waals surface area contributed by atoms with Gasteiger partial charge in [-0.25, -0.2) is 4.98 Å². The molecule has 3 aromatic rings. The normalized spacial score (nSPS) is 11.0. The number of nitrogens with zero attached hydrogens (tertiary/aromatic N) is 1. The van der Waals surface area contributed by atoms with E-state index < -0.39 is 0 Å². The third-order valence-corrected chi connectivity index (χ3v) is 3.36.